The normalized spacial score (nSPS) is 12.6. The van der Waals surface area contributed by atoms with E-state index in [1.807, 2.05) is 37.3 Å². The molecule has 1 aromatic heterocycles. The molecule has 1 N–H and O–H groups in total. The molecule has 0 aliphatic carbocycles. The second-order valence-electron chi connectivity index (χ2n) is 3.68. The quantitative estimate of drug-likeness (QED) is 0.857. The van der Waals surface area contributed by atoms with Gasteiger partial charge in [0.1, 0.15) is 6.10 Å². The predicted molar refractivity (Wildman–Crippen MR) is 65.0 cm³/mol. The van der Waals surface area contributed by atoms with Gasteiger partial charge >= 0.3 is 0 Å². The molecule has 0 aliphatic rings. The zero-order valence-corrected chi connectivity index (χ0v) is 9.78. The molecule has 1 atom stereocenters. The summed E-state index contributed by atoms with van der Waals surface area (Å²) in [7, 11) is 0. The van der Waals surface area contributed by atoms with Crippen LogP contribution in [0.1, 0.15) is 18.7 Å². The van der Waals surface area contributed by atoms with Gasteiger partial charge in [0.15, 0.2) is 0 Å². The van der Waals surface area contributed by atoms with Crippen molar-refractivity contribution in [3.8, 4) is 5.69 Å². The molecule has 2 aromatic rings. The van der Waals surface area contributed by atoms with Gasteiger partial charge in [-0.15, -0.1) is 0 Å². The number of aliphatic hydroxyl groups excluding tert-OH is 1. The summed E-state index contributed by atoms with van der Waals surface area (Å²) in [6.07, 6.45) is 1.02. The van der Waals surface area contributed by atoms with Gasteiger partial charge in [0.05, 0.1) is 18.0 Å². The molecule has 0 saturated carbocycles. The van der Waals surface area contributed by atoms with E-state index in [0.717, 1.165) is 11.4 Å². The number of ether oxygens (including phenoxy) is 1. The Labute approximate surface area is 100 Å². The fraction of sp³-hybridized carbons (Fsp3) is 0.308. The van der Waals surface area contributed by atoms with Crippen LogP contribution in [0.2, 0.25) is 0 Å². The van der Waals surface area contributed by atoms with Crippen LogP contribution in [0.25, 0.3) is 5.69 Å². The van der Waals surface area contributed by atoms with Crippen LogP contribution in [0.15, 0.2) is 42.6 Å². The van der Waals surface area contributed by atoms with Crippen molar-refractivity contribution in [3.05, 3.63) is 48.3 Å². The summed E-state index contributed by atoms with van der Waals surface area (Å²) in [6.45, 7) is 2.78. The first-order chi connectivity index (χ1) is 8.33. The molecule has 4 heteroatoms. The molecule has 0 fully saturated rings. The molecule has 1 aromatic carbocycles. The van der Waals surface area contributed by atoms with Gasteiger partial charge < -0.3 is 9.84 Å². The van der Waals surface area contributed by atoms with Gasteiger partial charge in [-0.3, -0.25) is 0 Å². The second kappa shape index (κ2) is 5.61. The van der Waals surface area contributed by atoms with E-state index < -0.39 is 6.10 Å². The lowest BCUT2D eigenvalue weighted by Crippen LogP contribution is -2.12. The molecule has 0 spiro atoms. The molecule has 0 saturated heterocycles. The average Bonchev–Trinajstić information content (AvgIpc) is 2.86. The van der Waals surface area contributed by atoms with Gasteiger partial charge in [0.2, 0.25) is 0 Å². The van der Waals surface area contributed by atoms with Crippen molar-refractivity contribution in [3.63, 3.8) is 0 Å². The number of aromatic nitrogens is 2. The van der Waals surface area contributed by atoms with Crippen LogP contribution >= 0.6 is 0 Å². The summed E-state index contributed by atoms with van der Waals surface area (Å²) < 4.78 is 6.94. The van der Waals surface area contributed by atoms with Gasteiger partial charge in [0.25, 0.3) is 0 Å². The van der Waals surface area contributed by atoms with E-state index in [0.29, 0.717) is 6.61 Å². The van der Waals surface area contributed by atoms with E-state index in [4.69, 9.17) is 4.74 Å². The lowest BCUT2D eigenvalue weighted by atomic mass is 10.2. The molecule has 1 unspecified atom stereocenters. The Kier molecular flexibility index (Phi) is 3.90. The summed E-state index contributed by atoms with van der Waals surface area (Å²) in [5, 5.41) is 14.2. The average molecular weight is 232 g/mol. The Bertz CT molecular complexity index is 453. The summed E-state index contributed by atoms with van der Waals surface area (Å²) in [4.78, 5) is 0. The van der Waals surface area contributed by atoms with E-state index in [2.05, 4.69) is 5.10 Å². The zero-order chi connectivity index (χ0) is 12.1. The fourth-order valence-electron chi connectivity index (χ4n) is 1.67. The van der Waals surface area contributed by atoms with Crippen LogP contribution in [-0.2, 0) is 4.74 Å². The molecule has 0 radical (unpaired) electrons. The minimum atomic E-state index is -0.655. The maximum Gasteiger partial charge on any atom is 0.119 e. The zero-order valence-electron chi connectivity index (χ0n) is 9.78. The Balaban J connectivity index is 2.23. The third kappa shape index (κ3) is 2.72. The molecule has 17 heavy (non-hydrogen) atoms. The highest BCUT2D eigenvalue weighted by atomic mass is 16.5. The SMILES string of the molecule is CCOCC(O)c1ccnn1-c1ccccc1. The second-order valence-corrected chi connectivity index (χ2v) is 3.68. The molecular formula is C13H16N2O2. The van der Waals surface area contributed by atoms with E-state index >= 15 is 0 Å². The molecule has 1 heterocycles. The van der Waals surface area contributed by atoms with Gasteiger partial charge in [-0.25, -0.2) is 4.68 Å². The molecule has 0 bridgehead atoms. The topological polar surface area (TPSA) is 47.3 Å². The van der Waals surface area contributed by atoms with E-state index in [1.165, 1.54) is 0 Å². The van der Waals surface area contributed by atoms with Gasteiger partial charge in [-0.1, -0.05) is 18.2 Å². The van der Waals surface area contributed by atoms with Gasteiger partial charge in [-0.2, -0.15) is 5.10 Å². The number of hydrogen-bond acceptors (Lipinski definition) is 3. The van der Waals surface area contributed by atoms with Gasteiger partial charge in [-0.05, 0) is 25.1 Å². The number of aliphatic hydroxyl groups is 1. The monoisotopic (exact) mass is 232 g/mol. The summed E-state index contributed by atoms with van der Waals surface area (Å²) in [6, 6.07) is 11.5. The molecule has 0 aliphatic heterocycles. The first-order valence-electron chi connectivity index (χ1n) is 5.68. The first kappa shape index (κ1) is 11.8. The van der Waals surface area contributed by atoms with Crippen molar-refractivity contribution in [2.75, 3.05) is 13.2 Å². The van der Waals surface area contributed by atoms with Crippen LogP contribution in [-0.4, -0.2) is 28.1 Å². The fourth-order valence-corrected chi connectivity index (χ4v) is 1.67. The van der Waals surface area contributed by atoms with Crippen molar-refractivity contribution in [1.29, 1.82) is 0 Å². The summed E-state index contributed by atoms with van der Waals surface area (Å²) in [5.41, 5.74) is 1.67. The Morgan fingerprint density at radius 2 is 2.06 bits per heavy atom. The molecule has 0 amide bonds. The minimum Gasteiger partial charge on any atom is -0.384 e. The van der Waals surface area contributed by atoms with Crippen molar-refractivity contribution >= 4 is 0 Å². The van der Waals surface area contributed by atoms with Crippen LogP contribution in [0, 0.1) is 0 Å². The molecule has 90 valence electrons. The standard InChI is InChI=1S/C13H16N2O2/c1-2-17-10-13(16)12-8-9-14-15(12)11-6-4-3-5-7-11/h3-9,13,16H,2,10H2,1H3. The van der Waals surface area contributed by atoms with Crippen LogP contribution in [0.4, 0.5) is 0 Å². The first-order valence-corrected chi connectivity index (χ1v) is 5.68. The van der Waals surface area contributed by atoms with Gasteiger partial charge in [0, 0.05) is 12.8 Å². The highest BCUT2D eigenvalue weighted by Crippen LogP contribution is 2.17. The third-order valence-corrected chi connectivity index (χ3v) is 2.49. The van der Waals surface area contributed by atoms with E-state index in [-0.39, 0.29) is 6.61 Å². The lowest BCUT2D eigenvalue weighted by molar-refractivity contribution is 0.0385. The van der Waals surface area contributed by atoms with Crippen LogP contribution in [0.3, 0.4) is 0 Å². The molecule has 2 rings (SSSR count). The maximum absolute atomic E-state index is 10.00. The lowest BCUT2D eigenvalue weighted by Gasteiger charge is -2.13. The highest BCUT2D eigenvalue weighted by molar-refractivity contribution is 5.32. The third-order valence-electron chi connectivity index (χ3n) is 2.49. The number of nitrogens with zero attached hydrogens (tertiary/aromatic N) is 2. The Hall–Kier alpha value is -1.65. The Morgan fingerprint density at radius 3 is 2.76 bits per heavy atom. The van der Waals surface area contributed by atoms with Crippen LogP contribution in [0.5, 0.6) is 0 Å². The van der Waals surface area contributed by atoms with E-state index in [9.17, 15) is 5.11 Å². The molecular weight excluding hydrogens is 216 g/mol. The van der Waals surface area contributed by atoms with E-state index in [1.54, 1.807) is 16.9 Å². The van der Waals surface area contributed by atoms with Crippen molar-refractivity contribution in [2.45, 2.75) is 13.0 Å². The summed E-state index contributed by atoms with van der Waals surface area (Å²) >= 11 is 0. The largest absolute Gasteiger partial charge is 0.384 e. The Morgan fingerprint density at radius 1 is 1.29 bits per heavy atom. The minimum absolute atomic E-state index is 0.287. The van der Waals surface area contributed by atoms with Crippen molar-refractivity contribution in [1.82, 2.24) is 9.78 Å². The number of benzene rings is 1. The summed E-state index contributed by atoms with van der Waals surface area (Å²) in [5.74, 6) is 0. The number of hydrogen-bond donors (Lipinski definition) is 1. The van der Waals surface area contributed by atoms with Crippen LogP contribution < -0.4 is 0 Å². The number of para-hydroxylation sites is 1. The maximum atomic E-state index is 10.00. The highest BCUT2D eigenvalue weighted by Gasteiger charge is 2.13. The number of rotatable bonds is 5. The smallest absolute Gasteiger partial charge is 0.119 e. The predicted octanol–water partition coefficient (Wildman–Crippen LogP) is 1.94. The molecule has 4 nitrogen and oxygen atoms in total. The van der Waals surface area contributed by atoms with Crippen molar-refractivity contribution < 1.29 is 9.84 Å². The van der Waals surface area contributed by atoms with Crippen molar-refractivity contribution in [2.24, 2.45) is 0 Å².